The zero-order valence-corrected chi connectivity index (χ0v) is 16.1. The third-order valence-electron chi connectivity index (χ3n) is 3.03. The average molecular weight is 405 g/mol. The zero-order valence-electron chi connectivity index (χ0n) is 12.9. The van der Waals surface area contributed by atoms with Gasteiger partial charge in [0.15, 0.2) is 5.78 Å². The molecule has 0 amide bonds. The van der Waals surface area contributed by atoms with E-state index in [9.17, 15) is 14.9 Å². The maximum Gasteiger partial charge on any atom is 0.294 e. The first kappa shape index (κ1) is 19.2. The van der Waals surface area contributed by atoms with E-state index in [1.807, 2.05) is 19.0 Å². The first-order valence-corrected chi connectivity index (χ1v) is 9.26. The lowest BCUT2D eigenvalue weighted by atomic mass is 10.2. The molecule has 0 aliphatic heterocycles. The van der Waals surface area contributed by atoms with Crippen LogP contribution in [-0.2, 0) is 0 Å². The highest BCUT2D eigenvalue weighted by Crippen LogP contribution is 2.44. The molecule has 0 bridgehead atoms. The van der Waals surface area contributed by atoms with Crippen LogP contribution in [0, 0.1) is 10.1 Å². The minimum atomic E-state index is -0.481. The Kier molecular flexibility index (Phi) is 6.65. The maximum atomic E-state index is 12.2. The van der Waals surface area contributed by atoms with Crippen LogP contribution >= 0.6 is 46.3 Å². The van der Waals surface area contributed by atoms with Crippen LogP contribution in [-0.4, -0.2) is 36.2 Å². The molecule has 0 fully saturated rings. The number of carbonyl (C=O) groups excluding carboxylic acids is 1. The number of carbonyl (C=O) groups is 1. The summed E-state index contributed by atoms with van der Waals surface area (Å²) in [5, 5.41) is 12.2. The van der Waals surface area contributed by atoms with Gasteiger partial charge in [0, 0.05) is 29.0 Å². The Morgan fingerprint density at radius 1 is 1.33 bits per heavy atom. The molecule has 0 radical (unpaired) electrons. The molecule has 1 aromatic carbocycles. The highest BCUT2D eigenvalue weighted by molar-refractivity contribution is 8.01. The molecule has 0 saturated carbocycles. The van der Waals surface area contributed by atoms with E-state index in [4.69, 9.17) is 23.2 Å². The number of nitrogens with zero attached hydrogens (tertiary/aromatic N) is 2. The van der Waals surface area contributed by atoms with Gasteiger partial charge >= 0.3 is 0 Å². The Bertz CT molecular complexity index is 778. The number of thiophene rings is 1. The number of Topliss-reactive ketones (excluding diaryl/α,β-unsaturated/α-hetero) is 1. The topological polar surface area (TPSA) is 63.5 Å². The fraction of sp³-hybridized carbons (Fsp3) is 0.267. The summed E-state index contributed by atoms with van der Waals surface area (Å²) in [7, 11) is 3.74. The van der Waals surface area contributed by atoms with Crippen LogP contribution in [0.5, 0.6) is 0 Å². The molecule has 5 nitrogen and oxygen atoms in total. The normalized spacial score (nSPS) is 11.0. The molecule has 0 spiro atoms. The number of halogens is 2. The Morgan fingerprint density at radius 3 is 2.62 bits per heavy atom. The Morgan fingerprint density at radius 2 is 2.04 bits per heavy atom. The molecule has 2 aromatic rings. The van der Waals surface area contributed by atoms with Crippen molar-refractivity contribution < 1.29 is 9.72 Å². The third-order valence-corrected chi connectivity index (χ3v) is 6.12. The van der Waals surface area contributed by atoms with E-state index >= 15 is 0 Å². The molecule has 0 N–H and O–H groups in total. The van der Waals surface area contributed by atoms with Gasteiger partial charge < -0.3 is 4.90 Å². The van der Waals surface area contributed by atoms with Crippen LogP contribution in [0.1, 0.15) is 16.1 Å². The van der Waals surface area contributed by atoms with Gasteiger partial charge in [0.25, 0.3) is 5.69 Å². The van der Waals surface area contributed by atoms with E-state index in [0.717, 1.165) is 23.1 Å². The van der Waals surface area contributed by atoms with Crippen LogP contribution in [0.25, 0.3) is 0 Å². The maximum absolute atomic E-state index is 12.2. The lowest BCUT2D eigenvalue weighted by Crippen LogP contribution is -2.16. The van der Waals surface area contributed by atoms with Gasteiger partial charge in [0.2, 0.25) is 0 Å². The summed E-state index contributed by atoms with van der Waals surface area (Å²) in [6.07, 6.45) is 0.316. The molecule has 0 aliphatic carbocycles. The monoisotopic (exact) mass is 404 g/mol. The van der Waals surface area contributed by atoms with Crippen molar-refractivity contribution in [1.82, 2.24) is 4.90 Å². The van der Waals surface area contributed by atoms with Crippen molar-refractivity contribution in [1.29, 1.82) is 0 Å². The van der Waals surface area contributed by atoms with Gasteiger partial charge in [-0.15, -0.1) is 11.3 Å². The highest BCUT2D eigenvalue weighted by Gasteiger charge is 2.23. The largest absolute Gasteiger partial charge is 0.309 e. The quantitative estimate of drug-likeness (QED) is 0.358. The Hall–Kier alpha value is -1.12. The van der Waals surface area contributed by atoms with E-state index in [1.54, 1.807) is 18.2 Å². The zero-order chi connectivity index (χ0) is 17.9. The van der Waals surface area contributed by atoms with Crippen molar-refractivity contribution >= 4 is 57.8 Å². The van der Waals surface area contributed by atoms with E-state index in [0.29, 0.717) is 37.0 Å². The van der Waals surface area contributed by atoms with Gasteiger partial charge in [0.05, 0.1) is 14.8 Å². The molecule has 2 rings (SSSR count). The van der Waals surface area contributed by atoms with Crippen molar-refractivity contribution in [3.8, 4) is 0 Å². The second-order valence-corrected chi connectivity index (χ2v) is 8.40. The average Bonchev–Trinajstić information content (AvgIpc) is 2.92. The fourth-order valence-corrected chi connectivity index (χ4v) is 4.59. The van der Waals surface area contributed by atoms with Crippen molar-refractivity contribution in [2.24, 2.45) is 0 Å². The third kappa shape index (κ3) is 4.94. The van der Waals surface area contributed by atoms with E-state index in [2.05, 4.69) is 0 Å². The summed E-state index contributed by atoms with van der Waals surface area (Å²) >= 11 is 14.3. The van der Waals surface area contributed by atoms with Crippen molar-refractivity contribution in [2.45, 2.75) is 15.5 Å². The second-order valence-electron chi connectivity index (χ2n) is 5.19. The number of nitro groups is 1. The van der Waals surface area contributed by atoms with E-state index in [1.165, 1.54) is 6.07 Å². The van der Waals surface area contributed by atoms with Gasteiger partial charge in [0.1, 0.15) is 4.21 Å². The summed E-state index contributed by atoms with van der Waals surface area (Å²) in [5.74, 6) is -0.106. The first-order chi connectivity index (χ1) is 11.3. The molecule has 1 aromatic heterocycles. The van der Waals surface area contributed by atoms with Gasteiger partial charge in [-0.2, -0.15) is 0 Å². The Balaban J connectivity index is 2.28. The molecule has 0 atom stereocenters. The smallest absolute Gasteiger partial charge is 0.294 e. The van der Waals surface area contributed by atoms with Gasteiger partial charge in [-0.25, -0.2) is 0 Å². The summed E-state index contributed by atoms with van der Waals surface area (Å²) in [5.41, 5.74) is -0.0794. The molecule has 9 heteroatoms. The van der Waals surface area contributed by atoms with Gasteiger partial charge in [-0.05, 0) is 32.3 Å². The van der Waals surface area contributed by atoms with Crippen LogP contribution in [0.15, 0.2) is 33.4 Å². The first-order valence-electron chi connectivity index (χ1n) is 6.87. The fourth-order valence-electron chi connectivity index (χ4n) is 1.81. The van der Waals surface area contributed by atoms with Crippen molar-refractivity contribution in [2.75, 3.05) is 20.6 Å². The van der Waals surface area contributed by atoms with Crippen LogP contribution in [0.3, 0.4) is 0 Å². The summed E-state index contributed by atoms with van der Waals surface area (Å²) in [6.45, 7) is 0.593. The summed E-state index contributed by atoms with van der Waals surface area (Å²) in [4.78, 5) is 25.9. The summed E-state index contributed by atoms with van der Waals surface area (Å²) < 4.78 is 0.428. The van der Waals surface area contributed by atoms with Crippen molar-refractivity contribution in [3.63, 3.8) is 0 Å². The number of benzene rings is 1. The number of rotatable bonds is 7. The lowest BCUT2D eigenvalue weighted by molar-refractivity contribution is -0.387. The lowest BCUT2D eigenvalue weighted by Gasteiger charge is -2.06. The molecular formula is C15H14Cl2N2O3S2. The second kappa shape index (κ2) is 8.31. The molecule has 24 heavy (non-hydrogen) atoms. The summed E-state index contributed by atoms with van der Waals surface area (Å²) in [6, 6.07) is 6.29. The van der Waals surface area contributed by atoms with E-state index in [-0.39, 0.29) is 11.5 Å². The number of hydrogen-bond acceptors (Lipinski definition) is 6. The molecular weight excluding hydrogens is 391 g/mol. The van der Waals surface area contributed by atoms with Crippen LogP contribution in [0.2, 0.25) is 10.0 Å². The minimum absolute atomic E-state index is 0.0794. The molecule has 0 unspecified atom stereocenters. The van der Waals surface area contributed by atoms with E-state index < -0.39 is 4.92 Å². The van der Waals surface area contributed by atoms with Crippen molar-refractivity contribution in [3.05, 3.63) is 49.3 Å². The molecule has 0 aliphatic rings. The van der Waals surface area contributed by atoms with Gasteiger partial charge in [-0.1, -0.05) is 35.0 Å². The predicted octanol–water partition coefficient (Wildman–Crippen LogP) is 5.25. The van der Waals surface area contributed by atoms with Crippen LogP contribution in [0.4, 0.5) is 5.69 Å². The van der Waals surface area contributed by atoms with Crippen LogP contribution < -0.4 is 0 Å². The predicted molar refractivity (Wildman–Crippen MR) is 99.1 cm³/mol. The Labute approximate surface area is 157 Å². The minimum Gasteiger partial charge on any atom is -0.309 e. The SMILES string of the molecule is CN(C)CCC(=O)c1cc([N+](=O)[O-])c(Sc2ccc(Cl)cc2Cl)s1. The standard InChI is InChI=1S/C15H14Cl2N2O3S2/c1-18(2)6-5-12(20)14-8-11(19(21)22)15(24-14)23-13-4-3-9(16)7-10(13)17/h3-4,7-8H,5-6H2,1-2H3. The number of ketones is 1. The number of hydrogen-bond donors (Lipinski definition) is 0. The highest BCUT2D eigenvalue weighted by atomic mass is 35.5. The molecule has 1 heterocycles. The van der Waals surface area contributed by atoms with Gasteiger partial charge in [-0.3, -0.25) is 14.9 Å². The molecule has 128 valence electrons. The molecule has 0 saturated heterocycles.